The van der Waals surface area contributed by atoms with Crippen LogP contribution in [0.4, 0.5) is 0 Å². The molecule has 5 heteroatoms. The molecule has 0 amide bonds. The lowest BCUT2D eigenvalue weighted by molar-refractivity contribution is 0.0915. The molecule has 1 aromatic heterocycles. The van der Waals surface area contributed by atoms with Crippen LogP contribution in [0.5, 0.6) is 11.5 Å². The maximum Gasteiger partial charge on any atom is 0.211 e. The van der Waals surface area contributed by atoms with Gasteiger partial charge in [0.25, 0.3) is 0 Å². The van der Waals surface area contributed by atoms with Crippen LogP contribution in [0.1, 0.15) is 29.1 Å². The number of halogens is 1. The van der Waals surface area contributed by atoms with Crippen molar-refractivity contribution < 1.29 is 14.3 Å². The molecule has 1 aliphatic heterocycles. The maximum atomic E-state index is 12.1. The van der Waals surface area contributed by atoms with E-state index in [0.29, 0.717) is 10.6 Å². The second-order valence-electron chi connectivity index (χ2n) is 5.59. The van der Waals surface area contributed by atoms with Gasteiger partial charge in [0.15, 0.2) is 18.1 Å². The fourth-order valence-corrected chi connectivity index (χ4v) is 3.92. The lowest BCUT2D eigenvalue weighted by Gasteiger charge is -2.18. The second-order valence-corrected chi connectivity index (χ2v) is 7.36. The zero-order valence-electron chi connectivity index (χ0n) is 11.8. The van der Waals surface area contributed by atoms with E-state index >= 15 is 0 Å². The number of Topliss-reactive ketones (excluding diaryl/α,β-unsaturated/α-hetero) is 1. The number of para-hydroxylation sites is 1. The zero-order chi connectivity index (χ0) is 15.0. The molecule has 0 fully saturated rings. The van der Waals surface area contributed by atoms with Crippen LogP contribution in [-0.4, -0.2) is 18.0 Å². The van der Waals surface area contributed by atoms with Crippen LogP contribution in [0.2, 0.25) is 0 Å². The van der Waals surface area contributed by atoms with Crippen LogP contribution < -0.4 is 9.47 Å². The van der Waals surface area contributed by atoms with Gasteiger partial charge in [-0.25, -0.2) is 0 Å². The van der Waals surface area contributed by atoms with Crippen LogP contribution in [0.15, 0.2) is 34.1 Å². The molecule has 0 aliphatic carbocycles. The molecule has 0 saturated heterocycles. The summed E-state index contributed by atoms with van der Waals surface area (Å²) < 4.78 is 12.4. The number of carbonyl (C=O) groups excluding carboxylic acids is 1. The first-order valence-corrected chi connectivity index (χ1v) is 8.33. The Kier molecular flexibility index (Phi) is 3.80. The van der Waals surface area contributed by atoms with E-state index in [1.807, 2.05) is 43.5 Å². The van der Waals surface area contributed by atoms with E-state index in [-0.39, 0.29) is 18.0 Å². The third-order valence-electron chi connectivity index (χ3n) is 3.28. The molecule has 0 unspecified atom stereocenters. The molecule has 21 heavy (non-hydrogen) atoms. The van der Waals surface area contributed by atoms with Crippen LogP contribution in [-0.2, 0) is 6.42 Å². The second kappa shape index (κ2) is 5.46. The van der Waals surface area contributed by atoms with Crippen LogP contribution in [0.3, 0.4) is 0 Å². The van der Waals surface area contributed by atoms with Crippen LogP contribution in [0.25, 0.3) is 0 Å². The summed E-state index contributed by atoms with van der Waals surface area (Å²) >= 11 is 4.78. The Balaban J connectivity index is 1.75. The lowest BCUT2D eigenvalue weighted by atomic mass is 10.0. The number of carbonyl (C=O) groups is 1. The number of ketones is 1. The number of hydrogen-bond donors (Lipinski definition) is 0. The zero-order valence-corrected chi connectivity index (χ0v) is 14.2. The Hall–Kier alpha value is -1.33. The minimum absolute atomic E-state index is 0.0132. The van der Waals surface area contributed by atoms with Gasteiger partial charge in [-0.1, -0.05) is 12.1 Å². The highest BCUT2D eigenvalue weighted by molar-refractivity contribution is 9.10. The van der Waals surface area contributed by atoms with E-state index in [4.69, 9.17) is 9.47 Å². The number of benzene rings is 1. The Labute approximate surface area is 136 Å². The largest absolute Gasteiger partial charge is 0.483 e. The van der Waals surface area contributed by atoms with E-state index in [1.54, 1.807) is 0 Å². The Morgan fingerprint density at radius 3 is 2.95 bits per heavy atom. The van der Waals surface area contributed by atoms with Gasteiger partial charge in [-0.2, -0.15) is 0 Å². The molecule has 3 nitrogen and oxygen atoms in total. The Morgan fingerprint density at radius 2 is 2.24 bits per heavy atom. The average Bonchev–Trinajstić information content (AvgIpc) is 2.97. The van der Waals surface area contributed by atoms with Crippen molar-refractivity contribution in [2.24, 2.45) is 0 Å². The van der Waals surface area contributed by atoms with Crippen molar-refractivity contribution in [3.8, 4) is 11.5 Å². The highest BCUT2D eigenvalue weighted by Gasteiger charge is 2.32. The van der Waals surface area contributed by atoms with Gasteiger partial charge < -0.3 is 9.47 Å². The first-order chi connectivity index (χ1) is 9.96. The predicted octanol–water partition coefficient (Wildman–Crippen LogP) is 4.49. The van der Waals surface area contributed by atoms with Gasteiger partial charge in [0, 0.05) is 16.5 Å². The number of fused-ring (bicyclic) bond motifs is 1. The average molecular weight is 367 g/mol. The van der Waals surface area contributed by atoms with Crippen molar-refractivity contribution in [2.45, 2.75) is 25.9 Å². The topological polar surface area (TPSA) is 35.5 Å². The SMILES string of the molecule is CC1(C)Cc2cccc(OCC(=O)c3sccc3Br)c2O1. The third-order valence-corrected chi connectivity index (χ3v) is 5.16. The molecule has 0 bridgehead atoms. The summed E-state index contributed by atoms with van der Waals surface area (Å²) in [6, 6.07) is 7.68. The summed E-state index contributed by atoms with van der Waals surface area (Å²) in [5, 5.41) is 1.88. The molecule has 0 atom stereocenters. The van der Waals surface area contributed by atoms with Gasteiger partial charge in [-0.15, -0.1) is 11.3 Å². The number of rotatable bonds is 4. The Morgan fingerprint density at radius 1 is 1.43 bits per heavy atom. The maximum absolute atomic E-state index is 12.1. The molecule has 2 heterocycles. The predicted molar refractivity (Wildman–Crippen MR) is 86.7 cm³/mol. The van der Waals surface area contributed by atoms with E-state index < -0.39 is 0 Å². The summed E-state index contributed by atoms with van der Waals surface area (Å²) in [7, 11) is 0. The Bertz CT molecular complexity index is 691. The molecule has 110 valence electrons. The van der Waals surface area contributed by atoms with Gasteiger partial charge in [0.05, 0.1) is 4.88 Å². The number of hydrogen-bond acceptors (Lipinski definition) is 4. The van der Waals surface area contributed by atoms with Crippen molar-refractivity contribution in [3.05, 3.63) is 44.6 Å². The van der Waals surface area contributed by atoms with Crippen molar-refractivity contribution in [1.82, 2.24) is 0 Å². The molecule has 0 saturated carbocycles. The molecule has 0 radical (unpaired) electrons. The van der Waals surface area contributed by atoms with E-state index in [2.05, 4.69) is 15.9 Å². The minimum atomic E-state index is -0.220. The highest BCUT2D eigenvalue weighted by atomic mass is 79.9. The van der Waals surface area contributed by atoms with Crippen molar-refractivity contribution >= 4 is 33.0 Å². The molecule has 0 spiro atoms. The standard InChI is InChI=1S/C16H15BrO3S/c1-16(2)8-10-4-3-5-13(14(10)20-16)19-9-12(18)15-11(17)6-7-21-15/h3-7H,8-9H2,1-2H3. The third kappa shape index (κ3) is 2.99. The fraction of sp³-hybridized carbons (Fsp3) is 0.312. The summed E-state index contributed by atoms with van der Waals surface area (Å²) in [6.45, 7) is 4.11. The van der Waals surface area contributed by atoms with Gasteiger partial charge in [0.2, 0.25) is 5.78 Å². The lowest BCUT2D eigenvalue weighted by Crippen LogP contribution is -2.24. The highest BCUT2D eigenvalue weighted by Crippen LogP contribution is 2.41. The summed E-state index contributed by atoms with van der Waals surface area (Å²) in [5.41, 5.74) is 0.907. The van der Waals surface area contributed by atoms with E-state index in [9.17, 15) is 4.79 Å². The van der Waals surface area contributed by atoms with E-state index in [1.165, 1.54) is 11.3 Å². The molecule has 2 aromatic rings. The first-order valence-electron chi connectivity index (χ1n) is 6.66. The monoisotopic (exact) mass is 366 g/mol. The minimum Gasteiger partial charge on any atom is -0.483 e. The summed E-state index contributed by atoms with van der Waals surface area (Å²) in [4.78, 5) is 12.8. The fourth-order valence-electron chi connectivity index (χ4n) is 2.40. The van der Waals surface area contributed by atoms with Gasteiger partial charge in [-0.3, -0.25) is 4.79 Å². The van der Waals surface area contributed by atoms with Gasteiger partial charge >= 0.3 is 0 Å². The molecule has 0 N–H and O–H groups in total. The van der Waals surface area contributed by atoms with Crippen molar-refractivity contribution in [3.63, 3.8) is 0 Å². The van der Waals surface area contributed by atoms with Gasteiger partial charge in [0.1, 0.15) is 5.60 Å². The molecular formula is C16H15BrO3S. The molecule has 1 aromatic carbocycles. The van der Waals surface area contributed by atoms with E-state index in [0.717, 1.165) is 22.2 Å². The normalized spacial score (nSPS) is 15.4. The number of thiophene rings is 1. The first kappa shape index (κ1) is 14.6. The summed E-state index contributed by atoms with van der Waals surface area (Å²) in [6.07, 6.45) is 0.851. The van der Waals surface area contributed by atoms with Crippen molar-refractivity contribution in [2.75, 3.05) is 6.61 Å². The van der Waals surface area contributed by atoms with Crippen LogP contribution in [0, 0.1) is 0 Å². The quantitative estimate of drug-likeness (QED) is 0.748. The molecular weight excluding hydrogens is 352 g/mol. The molecule has 1 aliphatic rings. The summed E-state index contributed by atoms with van der Waals surface area (Å²) in [5.74, 6) is 1.37. The van der Waals surface area contributed by atoms with Gasteiger partial charge in [-0.05, 0) is 47.3 Å². The smallest absolute Gasteiger partial charge is 0.211 e. The number of ether oxygens (including phenoxy) is 2. The van der Waals surface area contributed by atoms with Crippen LogP contribution >= 0.6 is 27.3 Å². The molecule has 3 rings (SSSR count). The van der Waals surface area contributed by atoms with Crippen molar-refractivity contribution in [1.29, 1.82) is 0 Å².